The molecule has 16 heteroatoms. The fraction of sp³-hybridized carbons (Fsp3) is 0.500. The molecule has 376 valence electrons. The number of carbonyl (C=O) groups excluding carboxylic acids is 5. The number of phenols is 1. The third-order valence-electron chi connectivity index (χ3n) is 13.9. The Labute approximate surface area is 411 Å². The standard InChI is InChI=1S/C54H71N7O9/c1-10-47(63)60-23-22-58(31-39(60)32-69-9)53(67)57(7)48(34(3)4)50(64)55-45-27-35-25-38(28-40(62)26-35)37-18-19-46-42(29-37)43(49(59(46)11-2)41-16-13-12-15-36(41)20-24-68-8)30-54(5,6)33-70-52(66)44-17-14-21-61(56-44)51(45)65/h10,12-13,15-16,18-19,25-26,28-29,34,39,44-45,48,56,62H,1,11,14,17,20-24,27,30-33H2,2-9H3,(H,55,64)/t39-,44+,45?,48+/m1/s1. The number of phenolic OH excluding ortho intramolecular Hbond substituents is 1. The van der Waals surface area contributed by atoms with Gasteiger partial charge in [0.05, 0.1) is 31.6 Å². The molecular weight excluding hydrogens is 891 g/mol. The summed E-state index contributed by atoms with van der Waals surface area (Å²) in [6.45, 7) is 16.2. The number of fused-ring (bicyclic) bond motifs is 6. The first kappa shape index (κ1) is 51.6. The van der Waals surface area contributed by atoms with Gasteiger partial charge in [-0.05, 0) is 96.7 Å². The lowest BCUT2D eigenvalue weighted by atomic mass is 9.83. The maximum atomic E-state index is 14.8. The zero-order valence-electron chi connectivity index (χ0n) is 42.1. The summed E-state index contributed by atoms with van der Waals surface area (Å²) in [5.41, 5.74) is 10.3. The molecule has 0 saturated carbocycles. The number of carbonyl (C=O) groups is 5. The number of aryl methyl sites for hydroxylation is 1. The number of cyclic esters (lactones) is 1. The number of nitrogens with zero attached hydrogens (tertiary/aromatic N) is 5. The second-order valence-corrected chi connectivity index (χ2v) is 20.0. The van der Waals surface area contributed by atoms with Crippen molar-refractivity contribution in [1.29, 1.82) is 0 Å². The zero-order chi connectivity index (χ0) is 50.4. The minimum absolute atomic E-state index is 0.00858. The van der Waals surface area contributed by atoms with E-state index in [-0.39, 0.29) is 63.4 Å². The number of hydrogen-bond acceptors (Lipinski definition) is 10. The number of esters is 1. The van der Waals surface area contributed by atoms with Crippen LogP contribution in [0.2, 0.25) is 0 Å². The zero-order valence-corrected chi connectivity index (χ0v) is 42.1. The van der Waals surface area contributed by atoms with E-state index in [1.54, 1.807) is 36.1 Å². The second kappa shape index (κ2) is 22.2. The number of likely N-dealkylation sites (N-methyl/N-ethyl adjacent to an activating group) is 1. The SMILES string of the molecule is C=CC(=O)N1CCN(C(=O)N(C)[C@H](C(=O)NC2Cc3cc(O)cc(c3)-c3ccc4c(c3)c(c(-c3ccccc3CCOC)n4CC)CC(C)(C)COC(=O)[C@@H]3CCCN(N3)C2=O)C(C)C)C[C@@H]1COC. The molecule has 70 heavy (non-hydrogen) atoms. The summed E-state index contributed by atoms with van der Waals surface area (Å²) in [5.74, 6) is -2.15. The fourth-order valence-electron chi connectivity index (χ4n) is 10.5. The van der Waals surface area contributed by atoms with Crippen molar-refractivity contribution in [3.63, 3.8) is 0 Å². The second-order valence-electron chi connectivity index (χ2n) is 20.0. The normalized spacial score (nSPS) is 20.2. The summed E-state index contributed by atoms with van der Waals surface area (Å²) in [7, 11) is 4.80. The van der Waals surface area contributed by atoms with E-state index in [1.165, 1.54) is 23.1 Å². The van der Waals surface area contributed by atoms with Gasteiger partial charge in [-0.2, -0.15) is 0 Å². The average Bonchev–Trinajstić information content (AvgIpc) is 3.64. The number of urea groups is 1. The van der Waals surface area contributed by atoms with Crippen molar-refractivity contribution in [2.75, 3.05) is 67.3 Å². The number of benzene rings is 3. The van der Waals surface area contributed by atoms with E-state index in [0.717, 1.165) is 50.8 Å². The van der Waals surface area contributed by atoms with Gasteiger partial charge >= 0.3 is 12.0 Å². The molecule has 5 amide bonds. The largest absolute Gasteiger partial charge is 0.508 e. The molecule has 2 saturated heterocycles. The van der Waals surface area contributed by atoms with Crippen molar-refractivity contribution in [2.24, 2.45) is 11.3 Å². The molecular formula is C54H71N7O9. The summed E-state index contributed by atoms with van der Waals surface area (Å²) in [6.07, 6.45) is 3.48. The van der Waals surface area contributed by atoms with Crippen molar-refractivity contribution in [2.45, 2.75) is 97.4 Å². The Morgan fingerprint density at radius 1 is 1.03 bits per heavy atom. The van der Waals surface area contributed by atoms with Crippen LogP contribution >= 0.6 is 0 Å². The molecule has 6 bridgehead atoms. The predicted molar refractivity (Wildman–Crippen MR) is 269 cm³/mol. The third-order valence-corrected chi connectivity index (χ3v) is 13.9. The number of aromatic nitrogens is 1. The smallest absolute Gasteiger partial charge is 0.324 e. The number of nitrogens with one attached hydrogen (secondary N) is 2. The van der Waals surface area contributed by atoms with Crippen LogP contribution in [-0.2, 0) is 59.2 Å². The molecule has 16 nitrogen and oxygen atoms in total. The lowest BCUT2D eigenvalue weighted by molar-refractivity contribution is -0.155. The number of ether oxygens (including phenoxy) is 3. The number of amides is 5. The monoisotopic (exact) mass is 962 g/mol. The summed E-state index contributed by atoms with van der Waals surface area (Å²) < 4.78 is 19.4. The number of piperazine rings is 1. The van der Waals surface area contributed by atoms with Gasteiger partial charge in [-0.3, -0.25) is 24.2 Å². The van der Waals surface area contributed by atoms with E-state index in [0.29, 0.717) is 38.0 Å². The Balaban J connectivity index is 1.28. The fourth-order valence-corrected chi connectivity index (χ4v) is 10.5. The highest BCUT2D eigenvalue weighted by atomic mass is 16.5. The number of hydrazine groups is 1. The van der Waals surface area contributed by atoms with Gasteiger partial charge in [0.2, 0.25) is 11.8 Å². The van der Waals surface area contributed by atoms with Crippen LogP contribution < -0.4 is 10.7 Å². The van der Waals surface area contributed by atoms with Gasteiger partial charge in [-0.15, -0.1) is 0 Å². The molecule has 2 fully saturated rings. The highest BCUT2D eigenvalue weighted by Crippen LogP contribution is 2.41. The van der Waals surface area contributed by atoms with Crippen LogP contribution in [-0.4, -0.2) is 151 Å². The number of methoxy groups -OCH3 is 2. The Kier molecular flexibility index (Phi) is 16.4. The van der Waals surface area contributed by atoms with Gasteiger partial charge < -0.3 is 43.9 Å². The highest BCUT2D eigenvalue weighted by molar-refractivity contribution is 5.96. The number of rotatable bonds is 12. The van der Waals surface area contributed by atoms with Crippen molar-refractivity contribution in [3.05, 3.63) is 90.0 Å². The first-order valence-electron chi connectivity index (χ1n) is 24.5. The third kappa shape index (κ3) is 11.2. The molecule has 0 spiro atoms. The maximum Gasteiger partial charge on any atom is 0.324 e. The van der Waals surface area contributed by atoms with E-state index in [2.05, 4.69) is 73.0 Å². The molecule has 4 heterocycles. The molecule has 4 atom stereocenters. The van der Waals surface area contributed by atoms with Crippen LogP contribution in [0.1, 0.15) is 64.2 Å². The van der Waals surface area contributed by atoms with Gasteiger partial charge in [-0.1, -0.05) is 70.7 Å². The topological polar surface area (TPSA) is 175 Å². The van der Waals surface area contributed by atoms with Gasteiger partial charge in [0, 0.05) is 82.3 Å². The molecule has 3 N–H and O–H groups in total. The number of hydrogen-bond donors (Lipinski definition) is 3. The molecule has 3 aromatic carbocycles. The average molecular weight is 962 g/mol. The minimum Gasteiger partial charge on any atom is -0.508 e. The van der Waals surface area contributed by atoms with E-state index in [9.17, 15) is 29.1 Å². The molecule has 7 rings (SSSR count). The van der Waals surface area contributed by atoms with Crippen molar-refractivity contribution < 1.29 is 43.3 Å². The first-order valence-corrected chi connectivity index (χ1v) is 24.5. The van der Waals surface area contributed by atoms with Gasteiger partial charge in [0.15, 0.2) is 0 Å². The Bertz CT molecular complexity index is 2590. The summed E-state index contributed by atoms with van der Waals surface area (Å²) in [4.78, 5) is 75.0. The maximum absolute atomic E-state index is 14.8. The van der Waals surface area contributed by atoms with Crippen molar-refractivity contribution >= 4 is 40.6 Å². The quantitative estimate of drug-likeness (QED) is 0.114. The minimum atomic E-state index is -1.18. The first-order chi connectivity index (χ1) is 33.5. The van der Waals surface area contributed by atoms with Crippen LogP contribution in [0.4, 0.5) is 4.79 Å². The lowest BCUT2D eigenvalue weighted by Gasteiger charge is -2.43. The molecule has 1 unspecified atom stereocenters. The molecule has 1 aromatic heterocycles. The van der Waals surface area contributed by atoms with E-state index in [4.69, 9.17) is 14.2 Å². The molecule has 3 aliphatic heterocycles. The molecule has 4 aromatic rings. The predicted octanol–water partition coefficient (Wildman–Crippen LogP) is 5.96. The summed E-state index contributed by atoms with van der Waals surface area (Å²) in [5, 5.41) is 16.8. The van der Waals surface area contributed by atoms with E-state index >= 15 is 0 Å². The van der Waals surface area contributed by atoms with Crippen LogP contribution in [0.3, 0.4) is 0 Å². The van der Waals surface area contributed by atoms with Crippen LogP contribution in [0.15, 0.2) is 73.3 Å². The summed E-state index contributed by atoms with van der Waals surface area (Å²) in [6, 6.07) is 16.1. The summed E-state index contributed by atoms with van der Waals surface area (Å²) >= 11 is 0. The van der Waals surface area contributed by atoms with E-state index in [1.807, 2.05) is 32.0 Å². The Morgan fingerprint density at radius 2 is 1.80 bits per heavy atom. The molecule has 0 radical (unpaired) electrons. The molecule has 0 aliphatic carbocycles. The number of aromatic hydroxyl groups is 1. The van der Waals surface area contributed by atoms with Crippen LogP contribution in [0, 0.1) is 11.3 Å². The van der Waals surface area contributed by atoms with Gasteiger partial charge in [0.1, 0.15) is 23.9 Å². The van der Waals surface area contributed by atoms with Gasteiger partial charge in [0.25, 0.3) is 5.91 Å². The van der Waals surface area contributed by atoms with E-state index < -0.39 is 53.4 Å². The Morgan fingerprint density at radius 3 is 2.51 bits per heavy atom. The highest BCUT2D eigenvalue weighted by Gasteiger charge is 2.40. The van der Waals surface area contributed by atoms with Crippen LogP contribution in [0.5, 0.6) is 5.75 Å². The van der Waals surface area contributed by atoms with Crippen LogP contribution in [0.25, 0.3) is 33.3 Å². The van der Waals surface area contributed by atoms with Crippen molar-refractivity contribution in [3.8, 4) is 28.1 Å². The van der Waals surface area contributed by atoms with Crippen molar-refractivity contribution in [1.82, 2.24) is 35.0 Å². The molecule has 3 aliphatic rings. The Hall–Kier alpha value is -6.23. The lowest BCUT2D eigenvalue weighted by Crippen LogP contribution is -2.63. The van der Waals surface area contributed by atoms with Gasteiger partial charge in [-0.25, -0.2) is 10.2 Å².